The fourth-order valence-electron chi connectivity index (χ4n) is 1.12. The first kappa shape index (κ1) is 14.4. The SMILES string of the molecule is CCCC.CCCc1cc(C=O)sc1C. The first-order valence-electron chi connectivity index (χ1n) is 5.73. The molecule has 0 radical (unpaired) electrons. The van der Waals surface area contributed by atoms with Crippen molar-refractivity contribution in [2.75, 3.05) is 0 Å². The van der Waals surface area contributed by atoms with E-state index in [1.165, 1.54) is 23.3 Å². The van der Waals surface area contributed by atoms with Gasteiger partial charge in [0.15, 0.2) is 6.29 Å². The van der Waals surface area contributed by atoms with Crippen LogP contribution in [0.3, 0.4) is 0 Å². The Hall–Kier alpha value is -0.630. The van der Waals surface area contributed by atoms with Crippen molar-refractivity contribution >= 4 is 17.6 Å². The van der Waals surface area contributed by atoms with Crippen LogP contribution in [0, 0.1) is 6.92 Å². The highest BCUT2D eigenvalue weighted by Crippen LogP contribution is 2.20. The molecule has 0 atom stereocenters. The third-order valence-corrected chi connectivity index (χ3v) is 3.19. The highest BCUT2D eigenvalue weighted by atomic mass is 32.1. The molecule has 1 rings (SSSR count). The Kier molecular flexibility index (Phi) is 8.30. The molecule has 86 valence electrons. The number of carbonyl (C=O) groups is 1. The molecular weight excluding hydrogens is 204 g/mol. The van der Waals surface area contributed by atoms with Gasteiger partial charge in [-0.2, -0.15) is 0 Å². The minimum atomic E-state index is 0.853. The zero-order chi connectivity index (χ0) is 11.7. The summed E-state index contributed by atoms with van der Waals surface area (Å²) >= 11 is 1.59. The van der Waals surface area contributed by atoms with E-state index < -0.39 is 0 Å². The molecule has 0 fully saturated rings. The van der Waals surface area contributed by atoms with Gasteiger partial charge in [0.1, 0.15) is 0 Å². The van der Waals surface area contributed by atoms with Crippen LogP contribution in [0.4, 0.5) is 0 Å². The number of thiophene rings is 1. The molecule has 0 N–H and O–H groups in total. The molecule has 0 aliphatic heterocycles. The van der Waals surface area contributed by atoms with Gasteiger partial charge in [-0.15, -0.1) is 11.3 Å². The molecule has 15 heavy (non-hydrogen) atoms. The number of unbranched alkanes of at least 4 members (excludes halogenated alkanes) is 1. The second-order valence-corrected chi connectivity index (χ2v) is 4.89. The number of hydrogen-bond donors (Lipinski definition) is 0. The topological polar surface area (TPSA) is 17.1 Å². The molecule has 0 saturated heterocycles. The average molecular weight is 226 g/mol. The van der Waals surface area contributed by atoms with Crippen LogP contribution in [0.15, 0.2) is 6.07 Å². The van der Waals surface area contributed by atoms with Crippen LogP contribution in [0.2, 0.25) is 0 Å². The summed E-state index contributed by atoms with van der Waals surface area (Å²) in [5.74, 6) is 0. The second-order valence-electron chi connectivity index (χ2n) is 3.60. The number of aldehydes is 1. The number of carbonyl (C=O) groups excluding carboxylic acids is 1. The van der Waals surface area contributed by atoms with Crippen molar-refractivity contribution in [2.45, 2.75) is 53.4 Å². The molecule has 0 aromatic carbocycles. The van der Waals surface area contributed by atoms with E-state index in [1.807, 2.05) is 6.07 Å². The van der Waals surface area contributed by atoms with E-state index in [2.05, 4.69) is 27.7 Å². The summed E-state index contributed by atoms with van der Waals surface area (Å²) in [6.45, 7) is 8.58. The van der Waals surface area contributed by atoms with E-state index in [0.717, 1.165) is 24.0 Å². The summed E-state index contributed by atoms with van der Waals surface area (Å²) < 4.78 is 0. The van der Waals surface area contributed by atoms with Crippen molar-refractivity contribution in [3.63, 3.8) is 0 Å². The molecule has 1 aromatic rings. The maximum Gasteiger partial charge on any atom is 0.160 e. The van der Waals surface area contributed by atoms with Crippen molar-refractivity contribution in [3.05, 3.63) is 21.4 Å². The van der Waals surface area contributed by atoms with Crippen molar-refractivity contribution in [1.82, 2.24) is 0 Å². The van der Waals surface area contributed by atoms with Crippen molar-refractivity contribution < 1.29 is 4.79 Å². The Bertz CT molecular complexity index is 274. The van der Waals surface area contributed by atoms with Gasteiger partial charge >= 0.3 is 0 Å². The van der Waals surface area contributed by atoms with Crippen LogP contribution >= 0.6 is 11.3 Å². The van der Waals surface area contributed by atoms with E-state index in [1.54, 1.807) is 11.3 Å². The summed E-state index contributed by atoms with van der Waals surface area (Å²) in [7, 11) is 0. The van der Waals surface area contributed by atoms with E-state index in [9.17, 15) is 4.79 Å². The third kappa shape index (κ3) is 5.73. The molecule has 0 aliphatic carbocycles. The molecule has 0 spiro atoms. The summed E-state index contributed by atoms with van der Waals surface area (Å²) in [6, 6.07) is 2.00. The molecule has 1 heterocycles. The van der Waals surface area contributed by atoms with Gasteiger partial charge in [-0.1, -0.05) is 40.0 Å². The Morgan fingerprint density at radius 1 is 1.20 bits per heavy atom. The highest BCUT2D eigenvalue weighted by molar-refractivity contribution is 7.13. The molecule has 0 unspecified atom stereocenters. The summed E-state index contributed by atoms with van der Waals surface area (Å²) in [6.07, 6.45) is 5.81. The van der Waals surface area contributed by atoms with E-state index >= 15 is 0 Å². The van der Waals surface area contributed by atoms with Gasteiger partial charge in [-0.3, -0.25) is 4.79 Å². The Morgan fingerprint density at radius 3 is 2.13 bits per heavy atom. The minimum absolute atomic E-state index is 0.853. The lowest BCUT2D eigenvalue weighted by Gasteiger charge is -1.92. The Labute approximate surface area is 97.5 Å². The average Bonchev–Trinajstić information content (AvgIpc) is 2.61. The number of hydrogen-bond acceptors (Lipinski definition) is 2. The number of rotatable bonds is 4. The maximum atomic E-state index is 10.4. The van der Waals surface area contributed by atoms with E-state index in [4.69, 9.17) is 0 Å². The smallest absolute Gasteiger partial charge is 0.160 e. The predicted octanol–water partition coefficient (Wildman–Crippen LogP) is 4.63. The highest BCUT2D eigenvalue weighted by Gasteiger charge is 2.02. The molecule has 1 aromatic heterocycles. The van der Waals surface area contributed by atoms with Crippen LogP contribution in [-0.2, 0) is 6.42 Å². The molecule has 1 nitrogen and oxygen atoms in total. The first-order chi connectivity index (χ1) is 7.19. The summed E-state index contributed by atoms with van der Waals surface area (Å²) in [5.41, 5.74) is 1.33. The molecule has 0 amide bonds. The number of aryl methyl sites for hydroxylation is 2. The van der Waals surface area contributed by atoms with Crippen molar-refractivity contribution in [1.29, 1.82) is 0 Å². The van der Waals surface area contributed by atoms with Crippen LogP contribution in [0.25, 0.3) is 0 Å². The normalized spacial score (nSPS) is 9.33. The minimum Gasteiger partial charge on any atom is -0.297 e. The molecule has 2 heteroatoms. The van der Waals surface area contributed by atoms with Gasteiger partial charge in [-0.25, -0.2) is 0 Å². The molecule has 0 aliphatic rings. The van der Waals surface area contributed by atoms with Gasteiger partial charge in [0.2, 0.25) is 0 Å². The standard InChI is InChI=1S/C9H12OS.C4H10/c1-3-4-8-5-9(6-10)11-7(8)2;1-3-4-2/h5-6H,3-4H2,1-2H3;3-4H2,1-2H3. The van der Waals surface area contributed by atoms with Crippen LogP contribution in [-0.4, -0.2) is 6.29 Å². The zero-order valence-electron chi connectivity index (χ0n) is 10.3. The largest absolute Gasteiger partial charge is 0.297 e. The third-order valence-electron chi connectivity index (χ3n) is 2.18. The Morgan fingerprint density at radius 2 is 1.80 bits per heavy atom. The van der Waals surface area contributed by atoms with E-state index in [0.29, 0.717) is 0 Å². The summed E-state index contributed by atoms with van der Waals surface area (Å²) in [5, 5.41) is 0. The van der Waals surface area contributed by atoms with Gasteiger partial charge in [0.05, 0.1) is 4.88 Å². The molecule has 0 bridgehead atoms. The summed E-state index contributed by atoms with van der Waals surface area (Å²) in [4.78, 5) is 12.5. The maximum absolute atomic E-state index is 10.4. The fraction of sp³-hybridized carbons (Fsp3) is 0.615. The van der Waals surface area contributed by atoms with Gasteiger partial charge in [0, 0.05) is 4.88 Å². The quantitative estimate of drug-likeness (QED) is 0.684. The molecular formula is C13H22OS. The monoisotopic (exact) mass is 226 g/mol. The Balaban J connectivity index is 0.000000423. The first-order valence-corrected chi connectivity index (χ1v) is 6.55. The molecule has 0 saturated carbocycles. The lowest BCUT2D eigenvalue weighted by Crippen LogP contribution is -1.80. The zero-order valence-corrected chi connectivity index (χ0v) is 11.1. The lowest BCUT2D eigenvalue weighted by atomic mass is 10.1. The van der Waals surface area contributed by atoms with Crippen LogP contribution in [0.1, 0.15) is 60.1 Å². The van der Waals surface area contributed by atoms with Gasteiger partial charge in [-0.05, 0) is 25.0 Å². The van der Waals surface area contributed by atoms with Crippen molar-refractivity contribution in [2.24, 2.45) is 0 Å². The predicted molar refractivity (Wildman–Crippen MR) is 69.0 cm³/mol. The fourth-order valence-corrected chi connectivity index (χ4v) is 2.02. The lowest BCUT2D eigenvalue weighted by molar-refractivity contribution is 0.112. The van der Waals surface area contributed by atoms with Crippen LogP contribution in [0.5, 0.6) is 0 Å². The van der Waals surface area contributed by atoms with Gasteiger partial charge < -0.3 is 0 Å². The van der Waals surface area contributed by atoms with Crippen molar-refractivity contribution in [3.8, 4) is 0 Å². The van der Waals surface area contributed by atoms with E-state index in [-0.39, 0.29) is 0 Å². The van der Waals surface area contributed by atoms with Crippen LogP contribution < -0.4 is 0 Å². The van der Waals surface area contributed by atoms with Gasteiger partial charge in [0.25, 0.3) is 0 Å². The second kappa shape index (κ2) is 8.66.